The lowest BCUT2D eigenvalue weighted by molar-refractivity contribution is 0.164. The second kappa shape index (κ2) is 8.40. The Kier molecular flexibility index (Phi) is 6.52. The van der Waals surface area contributed by atoms with Gasteiger partial charge in [0.2, 0.25) is 0 Å². The first-order chi connectivity index (χ1) is 10.2. The number of aliphatic hydroxyl groups excluding tert-OH is 1. The summed E-state index contributed by atoms with van der Waals surface area (Å²) in [5.41, 5.74) is 0.941. The minimum absolute atomic E-state index is 0.455. The Morgan fingerprint density at radius 1 is 1.14 bits per heavy atom. The molecule has 1 aliphatic rings. The summed E-state index contributed by atoms with van der Waals surface area (Å²) in [6.07, 6.45) is 7.69. The fourth-order valence-electron chi connectivity index (χ4n) is 3.22. The van der Waals surface area contributed by atoms with E-state index in [0.29, 0.717) is 12.6 Å². The molecule has 1 fully saturated rings. The molecule has 0 amide bonds. The molecule has 0 radical (unpaired) electrons. The summed E-state index contributed by atoms with van der Waals surface area (Å²) >= 11 is 0. The molecule has 118 valence electrons. The number of benzene rings is 1. The van der Waals surface area contributed by atoms with Gasteiger partial charge in [-0.1, -0.05) is 37.8 Å². The second-order valence-electron chi connectivity index (χ2n) is 6.24. The highest BCUT2D eigenvalue weighted by atomic mass is 16.5. The van der Waals surface area contributed by atoms with Gasteiger partial charge in [-0.2, -0.15) is 0 Å². The van der Waals surface area contributed by atoms with Gasteiger partial charge in [-0.15, -0.1) is 0 Å². The number of nitrogens with one attached hydrogen (secondary N) is 1. The highest BCUT2D eigenvalue weighted by Crippen LogP contribution is 2.26. The van der Waals surface area contributed by atoms with Crippen molar-refractivity contribution in [3.05, 3.63) is 29.8 Å². The molecule has 0 aromatic heterocycles. The maximum absolute atomic E-state index is 10.3. The summed E-state index contributed by atoms with van der Waals surface area (Å²) < 4.78 is 5.14. The molecule has 2 N–H and O–H groups in total. The van der Waals surface area contributed by atoms with Gasteiger partial charge in [0.15, 0.2) is 0 Å². The van der Waals surface area contributed by atoms with Crippen LogP contribution in [0, 0.1) is 5.92 Å². The van der Waals surface area contributed by atoms with Crippen LogP contribution in [0.25, 0.3) is 0 Å². The Balaban J connectivity index is 1.80. The fraction of sp³-hybridized carbons (Fsp3) is 0.667. The van der Waals surface area contributed by atoms with Crippen LogP contribution in [0.5, 0.6) is 5.75 Å². The smallest absolute Gasteiger partial charge is 0.118 e. The van der Waals surface area contributed by atoms with Crippen LogP contribution in [0.2, 0.25) is 0 Å². The van der Waals surface area contributed by atoms with E-state index in [0.717, 1.165) is 17.2 Å². The molecular weight excluding hydrogens is 262 g/mol. The lowest BCUT2D eigenvalue weighted by Crippen LogP contribution is -2.36. The van der Waals surface area contributed by atoms with E-state index in [-0.39, 0.29) is 0 Å². The number of hydrogen-bond acceptors (Lipinski definition) is 3. The van der Waals surface area contributed by atoms with E-state index in [1.54, 1.807) is 7.11 Å². The second-order valence-corrected chi connectivity index (χ2v) is 6.24. The molecule has 0 aliphatic heterocycles. The van der Waals surface area contributed by atoms with Crippen molar-refractivity contribution in [2.75, 3.05) is 13.7 Å². The first-order valence-electron chi connectivity index (χ1n) is 8.26. The van der Waals surface area contributed by atoms with Gasteiger partial charge in [-0.3, -0.25) is 0 Å². The molecule has 1 unspecified atom stereocenters. The van der Waals surface area contributed by atoms with Gasteiger partial charge in [0, 0.05) is 12.6 Å². The number of ether oxygens (including phenoxy) is 1. The van der Waals surface area contributed by atoms with Crippen molar-refractivity contribution in [1.29, 1.82) is 0 Å². The zero-order chi connectivity index (χ0) is 15.1. The SMILES string of the molecule is COc1ccc(C(O)CN[C@@H](C)C2CCCCCC2)cc1. The third kappa shape index (κ3) is 5.01. The molecular formula is C18H29NO2. The Labute approximate surface area is 128 Å². The van der Waals surface area contributed by atoms with Crippen molar-refractivity contribution in [3.63, 3.8) is 0 Å². The standard InChI is InChI=1S/C18H29NO2/c1-14(15-7-5-3-4-6-8-15)19-13-18(20)16-9-11-17(21-2)12-10-16/h9-12,14-15,18-20H,3-8,13H2,1-2H3/t14-,18?/m0/s1. The van der Waals surface area contributed by atoms with Crippen molar-refractivity contribution in [3.8, 4) is 5.75 Å². The van der Waals surface area contributed by atoms with Crippen LogP contribution in [-0.4, -0.2) is 24.8 Å². The average Bonchev–Trinajstić information content (AvgIpc) is 2.81. The van der Waals surface area contributed by atoms with E-state index in [1.165, 1.54) is 38.5 Å². The maximum atomic E-state index is 10.3. The quantitative estimate of drug-likeness (QED) is 0.786. The Bertz CT molecular complexity index is 396. The first-order valence-corrected chi connectivity index (χ1v) is 8.26. The summed E-state index contributed by atoms with van der Waals surface area (Å²) in [5.74, 6) is 1.58. The maximum Gasteiger partial charge on any atom is 0.118 e. The van der Waals surface area contributed by atoms with Gasteiger partial charge < -0.3 is 15.2 Å². The molecule has 1 aromatic rings. The third-order valence-electron chi connectivity index (χ3n) is 4.74. The Morgan fingerprint density at radius 2 is 1.76 bits per heavy atom. The van der Waals surface area contributed by atoms with Gasteiger partial charge >= 0.3 is 0 Å². The Hall–Kier alpha value is -1.06. The molecule has 3 heteroatoms. The number of methoxy groups -OCH3 is 1. The molecule has 0 spiro atoms. The topological polar surface area (TPSA) is 41.5 Å². The highest BCUT2D eigenvalue weighted by Gasteiger charge is 2.19. The summed E-state index contributed by atoms with van der Waals surface area (Å²) in [4.78, 5) is 0. The predicted molar refractivity (Wildman–Crippen MR) is 86.6 cm³/mol. The van der Waals surface area contributed by atoms with E-state index in [4.69, 9.17) is 4.74 Å². The van der Waals surface area contributed by atoms with Crippen LogP contribution >= 0.6 is 0 Å². The van der Waals surface area contributed by atoms with Crippen molar-refractivity contribution in [1.82, 2.24) is 5.32 Å². The van der Waals surface area contributed by atoms with Gasteiger partial charge in [0.05, 0.1) is 13.2 Å². The van der Waals surface area contributed by atoms with Crippen molar-refractivity contribution >= 4 is 0 Å². The summed E-state index contributed by atoms with van der Waals surface area (Å²) in [7, 11) is 1.65. The van der Waals surface area contributed by atoms with Crippen LogP contribution in [0.3, 0.4) is 0 Å². The molecule has 21 heavy (non-hydrogen) atoms. The minimum Gasteiger partial charge on any atom is -0.497 e. The third-order valence-corrected chi connectivity index (χ3v) is 4.74. The Morgan fingerprint density at radius 3 is 2.33 bits per heavy atom. The zero-order valence-corrected chi connectivity index (χ0v) is 13.3. The molecule has 0 saturated heterocycles. The van der Waals surface area contributed by atoms with Crippen LogP contribution in [0.15, 0.2) is 24.3 Å². The average molecular weight is 291 g/mol. The molecule has 1 saturated carbocycles. The van der Waals surface area contributed by atoms with Crippen LogP contribution in [0.4, 0.5) is 0 Å². The molecule has 2 rings (SSSR count). The number of hydrogen-bond donors (Lipinski definition) is 2. The monoisotopic (exact) mass is 291 g/mol. The molecule has 0 heterocycles. The highest BCUT2D eigenvalue weighted by molar-refractivity contribution is 5.28. The van der Waals surface area contributed by atoms with Crippen molar-refractivity contribution in [2.24, 2.45) is 5.92 Å². The van der Waals surface area contributed by atoms with Gasteiger partial charge in [-0.25, -0.2) is 0 Å². The lowest BCUT2D eigenvalue weighted by atomic mass is 9.93. The van der Waals surface area contributed by atoms with E-state index in [1.807, 2.05) is 24.3 Å². The number of aliphatic hydroxyl groups is 1. The lowest BCUT2D eigenvalue weighted by Gasteiger charge is -2.25. The summed E-state index contributed by atoms with van der Waals surface area (Å²) in [6, 6.07) is 8.14. The van der Waals surface area contributed by atoms with Crippen molar-refractivity contribution in [2.45, 2.75) is 57.6 Å². The van der Waals surface area contributed by atoms with Crippen LogP contribution in [0.1, 0.15) is 57.1 Å². The van der Waals surface area contributed by atoms with Gasteiger partial charge in [-0.05, 0) is 43.4 Å². The fourth-order valence-corrected chi connectivity index (χ4v) is 3.22. The molecule has 1 aliphatic carbocycles. The normalized spacial score (nSPS) is 19.8. The predicted octanol–water partition coefficient (Wildman–Crippen LogP) is 3.68. The van der Waals surface area contributed by atoms with Gasteiger partial charge in [0.1, 0.15) is 5.75 Å². The van der Waals surface area contributed by atoms with Crippen molar-refractivity contribution < 1.29 is 9.84 Å². The zero-order valence-electron chi connectivity index (χ0n) is 13.3. The summed E-state index contributed by atoms with van der Waals surface area (Å²) in [6.45, 7) is 2.88. The first kappa shape index (κ1) is 16.3. The van der Waals surface area contributed by atoms with E-state index >= 15 is 0 Å². The molecule has 1 aromatic carbocycles. The van der Waals surface area contributed by atoms with E-state index in [9.17, 15) is 5.11 Å². The minimum atomic E-state index is -0.455. The van der Waals surface area contributed by atoms with E-state index in [2.05, 4.69) is 12.2 Å². The van der Waals surface area contributed by atoms with Gasteiger partial charge in [0.25, 0.3) is 0 Å². The van der Waals surface area contributed by atoms with E-state index < -0.39 is 6.10 Å². The molecule has 0 bridgehead atoms. The number of rotatable bonds is 6. The van der Waals surface area contributed by atoms with Crippen LogP contribution in [-0.2, 0) is 0 Å². The molecule has 3 nitrogen and oxygen atoms in total. The van der Waals surface area contributed by atoms with Crippen LogP contribution < -0.4 is 10.1 Å². The summed E-state index contributed by atoms with van der Waals surface area (Å²) in [5, 5.41) is 13.8. The molecule has 2 atom stereocenters. The largest absolute Gasteiger partial charge is 0.497 e.